The zero-order chi connectivity index (χ0) is 9.26. The lowest BCUT2D eigenvalue weighted by atomic mass is 10.0. The van der Waals surface area contributed by atoms with Crippen LogP contribution in [0.25, 0.3) is 0 Å². The fourth-order valence-corrected chi connectivity index (χ4v) is 2.14. The number of benzene rings is 1. The predicted octanol–water partition coefficient (Wildman–Crippen LogP) is 2.88. The quantitative estimate of drug-likeness (QED) is 0.673. The fraction of sp³-hybridized carbons (Fsp3) is 0.500. The molecule has 0 N–H and O–H groups in total. The highest BCUT2D eigenvalue weighted by Gasteiger charge is 2.17. The molecule has 0 saturated heterocycles. The highest BCUT2D eigenvalue weighted by atomic mass is 16.5. The summed E-state index contributed by atoms with van der Waals surface area (Å²) in [5.41, 5.74) is 4.42. The molecule has 1 nitrogen and oxygen atoms in total. The zero-order valence-electron chi connectivity index (χ0n) is 8.39. The van der Waals surface area contributed by atoms with E-state index in [0.29, 0.717) is 0 Å². The van der Waals surface area contributed by atoms with Gasteiger partial charge in [0.05, 0.1) is 6.61 Å². The maximum atomic E-state index is 5.60. The van der Waals surface area contributed by atoms with Gasteiger partial charge in [0.2, 0.25) is 0 Å². The van der Waals surface area contributed by atoms with Crippen LogP contribution in [0.4, 0.5) is 0 Å². The number of hydrogen-bond donors (Lipinski definition) is 0. The average Bonchev–Trinajstić information content (AvgIpc) is 2.59. The van der Waals surface area contributed by atoms with Crippen molar-refractivity contribution in [2.75, 3.05) is 6.61 Å². The second kappa shape index (κ2) is 3.41. The first-order valence-electron chi connectivity index (χ1n) is 5.07. The Morgan fingerprint density at radius 3 is 2.77 bits per heavy atom. The molecule has 0 heterocycles. The summed E-state index contributed by atoms with van der Waals surface area (Å²) in [6.07, 6.45) is 3.73. The molecule has 1 aromatic carbocycles. The van der Waals surface area contributed by atoms with Crippen molar-refractivity contribution in [2.45, 2.75) is 33.1 Å². The Morgan fingerprint density at radius 2 is 2.00 bits per heavy atom. The Kier molecular flexibility index (Phi) is 2.26. The summed E-state index contributed by atoms with van der Waals surface area (Å²) in [5, 5.41) is 0. The smallest absolute Gasteiger partial charge is 0.122 e. The molecule has 13 heavy (non-hydrogen) atoms. The van der Waals surface area contributed by atoms with Crippen LogP contribution < -0.4 is 4.74 Å². The van der Waals surface area contributed by atoms with E-state index in [2.05, 4.69) is 19.1 Å². The summed E-state index contributed by atoms with van der Waals surface area (Å²) in [6, 6.07) is 4.29. The van der Waals surface area contributed by atoms with Crippen LogP contribution in [-0.2, 0) is 12.8 Å². The predicted molar refractivity (Wildman–Crippen MR) is 54.4 cm³/mol. The third kappa shape index (κ3) is 1.43. The Labute approximate surface area is 79.7 Å². The third-order valence-electron chi connectivity index (χ3n) is 2.78. The Hall–Kier alpha value is -0.980. The normalized spacial score (nSPS) is 14.3. The summed E-state index contributed by atoms with van der Waals surface area (Å²) >= 11 is 0. The summed E-state index contributed by atoms with van der Waals surface area (Å²) in [4.78, 5) is 0. The SMILES string of the molecule is CCOc1ccc(C)c2c1CCC2. The first kappa shape index (κ1) is 8.61. The van der Waals surface area contributed by atoms with Crippen LogP contribution in [0.15, 0.2) is 12.1 Å². The van der Waals surface area contributed by atoms with Gasteiger partial charge in [0.25, 0.3) is 0 Å². The molecule has 0 unspecified atom stereocenters. The van der Waals surface area contributed by atoms with E-state index in [1.54, 1.807) is 0 Å². The molecule has 1 heteroatoms. The Bertz CT molecular complexity index is 315. The summed E-state index contributed by atoms with van der Waals surface area (Å²) < 4.78 is 5.60. The van der Waals surface area contributed by atoms with E-state index >= 15 is 0 Å². The maximum absolute atomic E-state index is 5.60. The minimum Gasteiger partial charge on any atom is -0.494 e. The molecular formula is C12H16O. The van der Waals surface area contributed by atoms with Gasteiger partial charge in [-0.25, -0.2) is 0 Å². The van der Waals surface area contributed by atoms with Gasteiger partial charge in [0.15, 0.2) is 0 Å². The molecule has 0 amide bonds. The molecule has 0 saturated carbocycles. The molecule has 1 aliphatic rings. The van der Waals surface area contributed by atoms with E-state index in [-0.39, 0.29) is 0 Å². The molecule has 1 aromatic rings. The van der Waals surface area contributed by atoms with Gasteiger partial charge in [0.1, 0.15) is 5.75 Å². The minimum absolute atomic E-state index is 0.773. The van der Waals surface area contributed by atoms with Crippen LogP contribution in [0, 0.1) is 6.92 Å². The number of fused-ring (bicyclic) bond motifs is 1. The third-order valence-corrected chi connectivity index (χ3v) is 2.78. The van der Waals surface area contributed by atoms with Crippen LogP contribution in [0.2, 0.25) is 0 Å². The van der Waals surface area contributed by atoms with Gasteiger partial charge in [-0.15, -0.1) is 0 Å². The minimum atomic E-state index is 0.773. The van der Waals surface area contributed by atoms with Crippen molar-refractivity contribution in [3.05, 3.63) is 28.8 Å². The molecule has 0 radical (unpaired) electrons. The summed E-state index contributed by atoms with van der Waals surface area (Å²) in [6.45, 7) is 5.01. The van der Waals surface area contributed by atoms with Crippen LogP contribution in [0.5, 0.6) is 5.75 Å². The molecule has 0 fully saturated rings. The maximum Gasteiger partial charge on any atom is 0.122 e. The molecule has 2 rings (SSSR count). The van der Waals surface area contributed by atoms with Crippen molar-refractivity contribution in [3.63, 3.8) is 0 Å². The highest BCUT2D eigenvalue weighted by Crippen LogP contribution is 2.32. The molecule has 0 aromatic heterocycles. The standard InChI is InChI=1S/C12H16O/c1-3-13-12-8-7-9(2)10-5-4-6-11(10)12/h7-8H,3-6H2,1-2H3. The van der Waals surface area contributed by atoms with Gasteiger partial charge >= 0.3 is 0 Å². The molecule has 70 valence electrons. The molecule has 0 aliphatic heterocycles. The average molecular weight is 176 g/mol. The largest absolute Gasteiger partial charge is 0.494 e. The molecule has 0 atom stereocenters. The molecular weight excluding hydrogens is 160 g/mol. The van der Waals surface area contributed by atoms with Crippen molar-refractivity contribution in [1.82, 2.24) is 0 Å². The van der Waals surface area contributed by atoms with Crippen LogP contribution in [0.1, 0.15) is 30.0 Å². The summed E-state index contributed by atoms with van der Waals surface area (Å²) in [7, 11) is 0. The lowest BCUT2D eigenvalue weighted by molar-refractivity contribution is 0.337. The van der Waals surface area contributed by atoms with Crippen LogP contribution in [-0.4, -0.2) is 6.61 Å². The van der Waals surface area contributed by atoms with E-state index < -0.39 is 0 Å². The van der Waals surface area contributed by atoms with Crippen molar-refractivity contribution in [3.8, 4) is 5.75 Å². The van der Waals surface area contributed by atoms with Crippen molar-refractivity contribution in [1.29, 1.82) is 0 Å². The molecule has 0 spiro atoms. The fourth-order valence-electron chi connectivity index (χ4n) is 2.14. The highest BCUT2D eigenvalue weighted by molar-refractivity contribution is 5.47. The number of aryl methyl sites for hydroxylation is 1. The Morgan fingerprint density at radius 1 is 1.23 bits per heavy atom. The van der Waals surface area contributed by atoms with Gasteiger partial charge in [0, 0.05) is 0 Å². The van der Waals surface area contributed by atoms with E-state index in [0.717, 1.165) is 12.4 Å². The second-order valence-corrected chi connectivity index (χ2v) is 3.62. The number of rotatable bonds is 2. The van der Waals surface area contributed by atoms with Crippen LogP contribution in [0.3, 0.4) is 0 Å². The first-order valence-corrected chi connectivity index (χ1v) is 5.07. The van der Waals surface area contributed by atoms with Gasteiger partial charge < -0.3 is 4.74 Å². The van der Waals surface area contributed by atoms with E-state index in [1.165, 1.54) is 36.0 Å². The molecule has 0 bridgehead atoms. The lowest BCUT2D eigenvalue weighted by Crippen LogP contribution is -1.97. The number of hydrogen-bond acceptors (Lipinski definition) is 1. The first-order chi connectivity index (χ1) is 6.33. The summed E-state index contributed by atoms with van der Waals surface area (Å²) in [5.74, 6) is 1.11. The van der Waals surface area contributed by atoms with Crippen molar-refractivity contribution in [2.24, 2.45) is 0 Å². The topological polar surface area (TPSA) is 9.23 Å². The van der Waals surface area contributed by atoms with Gasteiger partial charge in [-0.1, -0.05) is 6.07 Å². The van der Waals surface area contributed by atoms with E-state index in [1.807, 2.05) is 6.92 Å². The van der Waals surface area contributed by atoms with E-state index in [4.69, 9.17) is 4.74 Å². The Balaban J connectivity index is 2.43. The van der Waals surface area contributed by atoms with Gasteiger partial charge in [-0.05, 0) is 55.9 Å². The molecule has 1 aliphatic carbocycles. The lowest BCUT2D eigenvalue weighted by Gasteiger charge is -2.10. The monoisotopic (exact) mass is 176 g/mol. The van der Waals surface area contributed by atoms with Crippen LogP contribution >= 0.6 is 0 Å². The van der Waals surface area contributed by atoms with Gasteiger partial charge in [-0.3, -0.25) is 0 Å². The van der Waals surface area contributed by atoms with Gasteiger partial charge in [-0.2, -0.15) is 0 Å². The van der Waals surface area contributed by atoms with Crippen molar-refractivity contribution < 1.29 is 4.74 Å². The van der Waals surface area contributed by atoms with E-state index in [9.17, 15) is 0 Å². The second-order valence-electron chi connectivity index (χ2n) is 3.62. The number of ether oxygens (including phenoxy) is 1. The van der Waals surface area contributed by atoms with Crippen molar-refractivity contribution >= 4 is 0 Å². The zero-order valence-corrected chi connectivity index (χ0v) is 8.39.